The van der Waals surface area contributed by atoms with Crippen molar-refractivity contribution in [2.45, 2.75) is 13.0 Å². The number of nitrogens with two attached hydrogens (primary N) is 1. The highest BCUT2D eigenvalue weighted by Gasteiger charge is 2.05. The standard InChI is InChI=1S/C7H9FN4O3/c8-4-3-12(2-1-5(13)11-9)7(15)10-6(4)14/h3H,1-2,9H2,(H,11,13)(H,10,14,15). The van der Waals surface area contributed by atoms with E-state index in [4.69, 9.17) is 5.84 Å². The lowest BCUT2D eigenvalue weighted by Crippen LogP contribution is -2.34. The maximum atomic E-state index is 12.7. The highest BCUT2D eigenvalue weighted by Crippen LogP contribution is 1.87. The number of rotatable bonds is 3. The SMILES string of the molecule is NNC(=O)CCn1cc(F)c(=O)[nH]c1=O. The molecular formula is C7H9FN4O3. The first-order valence-electron chi connectivity index (χ1n) is 4.03. The molecule has 0 aliphatic carbocycles. The Morgan fingerprint density at radius 1 is 1.60 bits per heavy atom. The molecule has 82 valence electrons. The molecule has 4 N–H and O–H groups in total. The Morgan fingerprint density at radius 3 is 2.87 bits per heavy atom. The summed E-state index contributed by atoms with van der Waals surface area (Å²) in [5, 5.41) is 0. The summed E-state index contributed by atoms with van der Waals surface area (Å²) >= 11 is 0. The molecule has 0 spiro atoms. The Kier molecular flexibility index (Phi) is 3.34. The van der Waals surface area contributed by atoms with E-state index in [1.165, 1.54) is 0 Å². The third kappa shape index (κ3) is 2.74. The van der Waals surface area contributed by atoms with Crippen molar-refractivity contribution in [1.29, 1.82) is 0 Å². The van der Waals surface area contributed by atoms with Crippen LogP contribution in [-0.2, 0) is 11.3 Å². The number of aryl methyl sites for hydroxylation is 1. The first kappa shape index (κ1) is 11.1. The van der Waals surface area contributed by atoms with E-state index in [9.17, 15) is 18.8 Å². The molecule has 1 aromatic rings. The van der Waals surface area contributed by atoms with E-state index in [0.717, 1.165) is 10.8 Å². The number of H-pyrrole nitrogens is 1. The average Bonchev–Trinajstić information content (AvgIpc) is 2.21. The monoisotopic (exact) mass is 216 g/mol. The van der Waals surface area contributed by atoms with E-state index in [-0.39, 0.29) is 13.0 Å². The normalized spacial score (nSPS) is 10.0. The van der Waals surface area contributed by atoms with Crippen LogP contribution in [0.3, 0.4) is 0 Å². The fourth-order valence-corrected chi connectivity index (χ4v) is 0.943. The molecule has 0 radical (unpaired) electrons. The molecule has 1 amide bonds. The van der Waals surface area contributed by atoms with Gasteiger partial charge in [-0.3, -0.25) is 24.6 Å². The van der Waals surface area contributed by atoms with Crippen molar-refractivity contribution in [3.05, 3.63) is 32.9 Å². The average molecular weight is 216 g/mol. The van der Waals surface area contributed by atoms with Gasteiger partial charge in [-0.1, -0.05) is 0 Å². The van der Waals surface area contributed by atoms with Crippen molar-refractivity contribution in [2.24, 2.45) is 5.84 Å². The van der Waals surface area contributed by atoms with Gasteiger partial charge in [-0.05, 0) is 0 Å². The summed E-state index contributed by atoms with van der Waals surface area (Å²) in [6.45, 7) is -0.0600. The summed E-state index contributed by atoms with van der Waals surface area (Å²) in [7, 11) is 0. The van der Waals surface area contributed by atoms with Gasteiger partial charge in [-0.25, -0.2) is 10.6 Å². The molecule has 0 fully saturated rings. The summed E-state index contributed by atoms with van der Waals surface area (Å²) < 4.78 is 13.6. The van der Waals surface area contributed by atoms with Crippen LogP contribution < -0.4 is 22.5 Å². The van der Waals surface area contributed by atoms with Crippen LogP contribution >= 0.6 is 0 Å². The molecule has 0 bridgehead atoms. The maximum Gasteiger partial charge on any atom is 0.328 e. The van der Waals surface area contributed by atoms with E-state index in [1.54, 1.807) is 4.98 Å². The van der Waals surface area contributed by atoms with Crippen LogP contribution in [0.1, 0.15) is 6.42 Å². The Balaban J connectivity index is 2.87. The molecule has 8 heteroatoms. The zero-order valence-corrected chi connectivity index (χ0v) is 7.62. The third-order valence-electron chi connectivity index (χ3n) is 1.71. The fraction of sp³-hybridized carbons (Fsp3) is 0.286. The van der Waals surface area contributed by atoms with Crippen LogP contribution in [0.25, 0.3) is 0 Å². The Morgan fingerprint density at radius 2 is 2.27 bits per heavy atom. The molecule has 0 unspecified atom stereocenters. The number of nitrogens with zero attached hydrogens (tertiary/aromatic N) is 1. The van der Waals surface area contributed by atoms with Crippen LogP contribution in [0.4, 0.5) is 4.39 Å². The number of carbonyl (C=O) groups is 1. The third-order valence-corrected chi connectivity index (χ3v) is 1.71. The summed E-state index contributed by atoms with van der Waals surface area (Å²) in [5.41, 5.74) is 0.00489. The first-order valence-corrected chi connectivity index (χ1v) is 4.03. The molecule has 1 heterocycles. The van der Waals surface area contributed by atoms with Gasteiger partial charge in [0.05, 0.1) is 6.20 Å². The van der Waals surface area contributed by atoms with E-state index in [1.807, 2.05) is 5.43 Å². The Bertz CT molecular complexity index is 478. The number of hydrogen-bond donors (Lipinski definition) is 3. The second-order valence-electron chi connectivity index (χ2n) is 2.75. The second-order valence-corrected chi connectivity index (χ2v) is 2.75. The Hall–Kier alpha value is -1.96. The second kappa shape index (κ2) is 4.51. The number of carbonyl (C=O) groups excluding carboxylic acids is 1. The number of nitrogens with one attached hydrogen (secondary N) is 2. The van der Waals surface area contributed by atoms with Gasteiger partial charge in [0.25, 0.3) is 5.56 Å². The van der Waals surface area contributed by atoms with Crippen LogP contribution in [0.2, 0.25) is 0 Å². The van der Waals surface area contributed by atoms with Crippen molar-refractivity contribution in [3.63, 3.8) is 0 Å². The minimum Gasteiger partial charge on any atom is -0.297 e. The predicted octanol–water partition coefficient (Wildman–Crippen LogP) is -1.94. The van der Waals surface area contributed by atoms with Crippen molar-refractivity contribution in [1.82, 2.24) is 15.0 Å². The Labute approximate surface area is 82.7 Å². The molecule has 0 saturated heterocycles. The number of aromatic nitrogens is 2. The quantitative estimate of drug-likeness (QED) is 0.310. The summed E-state index contributed by atoms with van der Waals surface area (Å²) in [5.74, 6) is 3.24. The number of amides is 1. The molecule has 0 aliphatic rings. The lowest BCUT2D eigenvalue weighted by Gasteiger charge is -2.03. The van der Waals surface area contributed by atoms with E-state index < -0.39 is 23.0 Å². The number of aromatic amines is 1. The summed E-state index contributed by atoms with van der Waals surface area (Å²) in [4.78, 5) is 34.2. The largest absolute Gasteiger partial charge is 0.328 e. The minimum atomic E-state index is -1.08. The van der Waals surface area contributed by atoms with Gasteiger partial charge in [0.1, 0.15) is 0 Å². The molecule has 15 heavy (non-hydrogen) atoms. The first-order chi connectivity index (χ1) is 7.04. The molecule has 1 aromatic heterocycles. The van der Waals surface area contributed by atoms with Crippen molar-refractivity contribution in [3.8, 4) is 0 Å². The highest BCUT2D eigenvalue weighted by atomic mass is 19.1. The zero-order chi connectivity index (χ0) is 11.4. The fourth-order valence-electron chi connectivity index (χ4n) is 0.943. The van der Waals surface area contributed by atoms with Crippen molar-refractivity contribution >= 4 is 5.91 Å². The van der Waals surface area contributed by atoms with Gasteiger partial charge in [-0.15, -0.1) is 0 Å². The van der Waals surface area contributed by atoms with Crippen LogP contribution in [0.15, 0.2) is 15.8 Å². The molecule has 1 rings (SSSR count). The van der Waals surface area contributed by atoms with E-state index >= 15 is 0 Å². The summed E-state index contributed by atoms with van der Waals surface area (Å²) in [6.07, 6.45) is 0.660. The van der Waals surface area contributed by atoms with E-state index in [2.05, 4.69) is 0 Å². The van der Waals surface area contributed by atoms with Gasteiger partial charge >= 0.3 is 5.69 Å². The van der Waals surface area contributed by atoms with Gasteiger partial charge in [-0.2, -0.15) is 4.39 Å². The molecule has 0 aliphatic heterocycles. The van der Waals surface area contributed by atoms with Crippen LogP contribution in [0, 0.1) is 5.82 Å². The molecular weight excluding hydrogens is 207 g/mol. The predicted molar refractivity (Wildman–Crippen MR) is 48.2 cm³/mol. The summed E-state index contributed by atoms with van der Waals surface area (Å²) in [6, 6.07) is 0. The smallest absolute Gasteiger partial charge is 0.297 e. The number of halogens is 1. The molecule has 7 nitrogen and oxygen atoms in total. The lowest BCUT2D eigenvalue weighted by atomic mass is 10.4. The van der Waals surface area contributed by atoms with Crippen LogP contribution in [-0.4, -0.2) is 15.5 Å². The molecule has 0 atom stereocenters. The van der Waals surface area contributed by atoms with Crippen molar-refractivity contribution < 1.29 is 9.18 Å². The van der Waals surface area contributed by atoms with Gasteiger partial charge < -0.3 is 0 Å². The van der Waals surface area contributed by atoms with Crippen LogP contribution in [0.5, 0.6) is 0 Å². The lowest BCUT2D eigenvalue weighted by molar-refractivity contribution is -0.121. The zero-order valence-electron chi connectivity index (χ0n) is 7.62. The minimum absolute atomic E-state index is 0.0600. The van der Waals surface area contributed by atoms with Gasteiger partial charge in [0.2, 0.25) is 11.7 Å². The van der Waals surface area contributed by atoms with E-state index in [0.29, 0.717) is 0 Å². The van der Waals surface area contributed by atoms with Gasteiger partial charge in [0.15, 0.2) is 0 Å². The van der Waals surface area contributed by atoms with Gasteiger partial charge in [0, 0.05) is 13.0 Å². The maximum absolute atomic E-state index is 12.7. The number of hydrogen-bond acceptors (Lipinski definition) is 4. The van der Waals surface area contributed by atoms with Crippen molar-refractivity contribution in [2.75, 3.05) is 0 Å². The number of hydrazine groups is 1. The molecule has 0 aromatic carbocycles. The highest BCUT2D eigenvalue weighted by molar-refractivity contribution is 5.74. The molecule has 0 saturated carbocycles. The topological polar surface area (TPSA) is 110 Å².